The summed E-state index contributed by atoms with van der Waals surface area (Å²) in [6, 6.07) is 4.56. The van der Waals surface area contributed by atoms with Crippen LogP contribution in [0.1, 0.15) is 34.8 Å². The lowest BCUT2D eigenvalue weighted by Gasteiger charge is -2.15. The van der Waals surface area contributed by atoms with Gasteiger partial charge in [-0.15, -0.1) is 0 Å². The maximum absolute atomic E-state index is 12.5. The third-order valence-electron chi connectivity index (χ3n) is 4.61. The van der Waals surface area contributed by atoms with Crippen LogP contribution in [0, 0.1) is 6.92 Å². The van der Waals surface area contributed by atoms with Crippen molar-refractivity contribution in [2.24, 2.45) is 0 Å². The van der Waals surface area contributed by atoms with Gasteiger partial charge in [0.1, 0.15) is 5.82 Å². The molecule has 166 valence electrons. The van der Waals surface area contributed by atoms with Gasteiger partial charge in [0.2, 0.25) is 11.6 Å². The van der Waals surface area contributed by atoms with Crippen LogP contribution in [0.4, 0.5) is 19.0 Å². The second-order valence-corrected chi connectivity index (χ2v) is 6.96. The van der Waals surface area contributed by atoms with E-state index in [4.69, 9.17) is 9.15 Å². The molecule has 0 aliphatic rings. The number of amides is 1. The second-order valence-electron chi connectivity index (χ2n) is 6.96. The molecule has 0 aliphatic heterocycles. The zero-order valence-electron chi connectivity index (χ0n) is 16.9. The van der Waals surface area contributed by atoms with Crippen LogP contribution in [0.2, 0.25) is 0 Å². The van der Waals surface area contributed by atoms with Crippen molar-refractivity contribution < 1.29 is 27.1 Å². The van der Waals surface area contributed by atoms with Crippen LogP contribution in [-0.4, -0.2) is 43.4 Å². The minimum atomic E-state index is -4.46. The summed E-state index contributed by atoms with van der Waals surface area (Å²) in [4.78, 5) is 24.4. The van der Waals surface area contributed by atoms with Gasteiger partial charge in [-0.3, -0.25) is 9.48 Å². The average molecular weight is 446 g/mol. The minimum absolute atomic E-state index is 0.0276. The molecule has 0 aliphatic carbocycles. The summed E-state index contributed by atoms with van der Waals surface area (Å²) in [5, 5.41) is 7.70. The maximum Gasteiger partial charge on any atom is 0.422 e. The van der Waals surface area contributed by atoms with Crippen LogP contribution < -0.4 is 10.1 Å². The highest BCUT2D eigenvalue weighted by Crippen LogP contribution is 2.27. The van der Waals surface area contributed by atoms with E-state index in [1.54, 1.807) is 42.9 Å². The fourth-order valence-electron chi connectivity index (χ4n) is 2.95. The molecule has 1 N–H and O–H groups in total. The molecule has 0 saturated heterocycles. The van der Waals surface area contributed by atoms with Crippen molar-refractivity contribution >= 4 is 22.6 Å². The molecule has 1 amide bonds. The number of aromatic nitrogens is 5. The van der Waals surface area contributed by atoms with Crippen molar-refractivity contribution in [1.29, 1.82) is 0 Å². The molecule has 4 rings (SSSR count). The third kappa shape index (κ3) is 4.53. The average Bonchev–Trinajstić information content (AvgIpc) is 3.42. The lowest BCUT2D eigenvalue weighted by molar-refractivity contribution is -0.154. The molecule has 9 nitrogen and oxygen atoms in total. The predicted octanol–water partition coefficient (Wildman–Crippen LogP) is 3.93. The Hall–Kier alpha value is -3.96. The molecular weight excluding hydrogens is 429 g/mol. The quantitative estimate of drug-likeness (QED) is 0.478. The molecule has 0 aromatic carbocycles. The lowest BCUT2D eigenvalue weighted by atomic mass is 10.2. The maximum atomic E-state index is 12.5. The topological polar surface area (TPSA) is 108 Å². The first-order valence-corrected chi connectivity index (χ1v) is 9.42. The van der Waals surface area contributed by atoms with Crippen LogP contribution in [0.3, 0.4) is 0 Å². The molecule has 0 radical (unpaired) electrons. The molecule has 0 bridgehead atoms. The van der Waals surface area contributed by atoms with Gasteiger partial charge >= 0.3 is 6.18 Å². The van der Waals surface area contributed by atoms with E-state index in [0.717, 1.165) is 6.39 Å². The molecular formula is C20H17F3N6O3. The summed E-state index contributed by atoms with van der Waals surface area (Å²) in [5.74, 6) is -0.312. The number of hydrogen-bond donors (Lipinski definition) is 1. The Bertz CT molecular complexity index is 1250. The summed E-state index contributed by atoms with van der Waals surface area (Å²) in [7, 11) is 0. The molecule has 4 heterocycles. The zero-order valence-corrected chi connectivity index (χ0v) is 16.9. The van der Waals surface area contributed by atoms with E-state index in [2.05, 4.69) is 25.4 Å². The second kappa shape index (κ2) is 8.29. The van der Waals surface area contributed by atoms with Crippen molar-refractivity contribution in [3.8, 4) is 5.88 Å². The number of pyridine rings is 2. The Morgan fingerprint density at radius 1 is 1.31 bits per heavy atom. The van der Waals surface area contributed by atoms with Crippen molar-refractivity contribution in [2.75, 3.05) is 11.9 Å². The number of nitrogens with one attached hydrogen (secondary N) is 1. The van der Waals surface area contributed by atoms with Crippen molar-refractivity contribution in [3.05, 3.63) is 60.2 Å². The first-order chi connectivity index (χ1) is 15.2. The molecule has 1 atom stereocenters. The van der Waals surface area contributed by atoms with Gasteiger partial charge in [0.05, 0.1) is 28.8 Å². The van der Waals surface area contributed by atoms with E-state index in [1.807, 2.05) is 0 Å². The Labute approximate surface area is 179 Å². The standard InChI is InChI=1S/C20H17F3N6O3/c1-11-3-4-14(26-19(11)31-9-20(21,22)23)12(2)29-8-13-15(28-29)5-6-25-17(13)27-18(30)16-7-24-10-32-16/h3-8,10,12H,9H2,1-2H3,(H,25,27,30). The van der Waals surface area contributed by atoms with Crippen LogP contribution in [0.15, 0.2) is 47.6 Å². The fourth-order valence-corrected chi connectivity index (χ4v) is 2.95. The number of anilines is 1. The van der Waals surface area contributed by atoms with E-state index in [-0.39, 0.29) is 17.5 Å². The SMILES string of the molecule is Cc1ccc(C(C)n2cc3c(NC(=O)c4cnco4)nccc3n2)nc1OCC(F)(F)F. The Morgan fingerprint density at radius 3 is 2.84 bits per heavy atom. The Balaban J connectivity index is 1.60. The van der Waals surface area contributed by atoms with Gasteiger partial charge < -0.3 is 14.5 Å². The van der Waals surface area contributed by atoms with Gasteiger partial charge in [-0.2, -0.15) is 18.3 Å². The van der Waals surface area contributed by atoms with Crippen molar-refractivity contribution in [1.82, 2.24) is 24.7 Å². The lowest BCUT2D eigenvalue weighted by Crippen LogP contribution is -2.20. The monoisotopic (exact) mass is 446 g/mol. The normalized spacial score (nSPS) is 12.7. The Kier molecular flexibility index (Phi) is 5.51. The minimum Gasteiger partial charge on any atom is -0.468 e. The summed E-state index contributed by atoms with van der Waals surface area (Å²) >= 11 is 0. The number of ether oxygens (including phenoxy) is 1. The molecule has 32 heavy (non-hydrogen) atoms. The molecule has 4 aromatic rings. The number of hydrogen-bond acceptors (Lipinski definition) is 7. The molecule has 0 fully saturated rings. The van der Waals surface area contributed by atoms with Gasteiger partial charge in [0.25, 0.3) is 5.91 Å². The van der Waals surface area contributed by atoms with E-state index in [0.29, 0.717) is 22.2 Å². The van der Waals surface area contributed by atoms with Crippen molar-refractivity contribution in [3.63, 3.8) is 0 Å². The number of rotatable bonds is 6. The number of oxazole rings is 1. The number of alkyl halides is 3. The summed E-state index contributed by atoms with van der Waals surface area (Å²) in [6.45, 7) is 1.98. The molecule has 4 aromatic heterocycles. The molecule has 0 spiro atoms. The summed E-state index contributed by atoms with van der Waals surface area (Å²) in [6.07, 6.45) is 1.12. The Morgan fingerprint density at radius 2 is 2.12 bits per heavy atom. The first-order valence-electron chi connectivity index (χ1n) is 9.42. The predicted molar refractivity (Wildman–Crippen MR) is 106 cm³/mol. The van der Waals surface area contributed by atoms with Crippen LogP contribution in [0.5, 0.6) is 5.88 Å². The van der Waals surface area contributed by atoms with E-state index in [9.17, 15) is 18.0 Å². The number of aryl methyl sites for hydroxylation is 1. The fraction of sp³-hybridized carbons (Fsp3) is 0.250. The van der Waals surface area contributed by atoms with Gasteiger partial charge in [0.15, 0.2) is 13.0 Å². The van der Waals surface area contributed by atoms with Gasteiger partial charge in [-0.25, -0.2) is 15.0 Å². The smallest absolute Gasteiger partial charge is 0.422 e. The van der Waals surface area contributed by atoms with Crippen molar-refractivity contribution in [2.45, 2.75) is 26.1 Å². The van der Waals surface area contributed by atoms with Gasteiger partial charge in [-0.05, 0) is 26.0 Å². The summed E-state index contributed by atoms with van der Waals surface area (Å²) in [5.41, 5.74) is 1.50. The number of halogens is 3. The number of carbonyl (C=O) groups excluding carboxylic acids is 1. The van der Waals surface area contributed by atoms with Crippen LogP contribution in [0.25, 0.3) is 10.9 Å². The zero-order chi connectivity index (χ0) is 22.9. The number of nitrogens with zero attached hydrogens (tertiary/aromatic N) is 5. The first kappa shape index (κ1) is 21.3. The number of carbonyl (C=O) groups is 1. The third-order valence-corrected chi connectivity index (χ3v) is 4.61. The van der Waals surface area contributed by atoms with E-state index in [1.165, 1.54) is 12.4 Å². The van der Waals surface area contributed by atoms with E-state index < -0.39 is 24.7 Å². The largest absolute Gasteiger partial charge is 0.468 e. The highest BCUT2D eigenvalue weighted by Gasteiger charge is 2.29. The van der Waals surface area contributed by atoms with E-state index >= 15 is 0 Å². The highest BCUT2D eigenvalue weighted by molar-refractivity contribution is 6.05. The van der Waals surface area contributed by atoms with Crippen LogP contribution in [-0.2, 0) is 0 Å². The van der Waals surface area contributed by atoms with Gasteiger partial charge in [-0.1, -0.05) is 6.07 Å². The molecule has 1 unspecified atom stereocenters. The highest BCUT2D eigenvalue weighted by atomic mass is 19.4. The summed E-state index contributed by atoms with van der Waals surface area (Å²) < 4.78 is 49.0. The number of fused-ring (bicyclic) bond motifs is 1. The molecule has 12 heteroatoms. The van der Waals surface area contributed by atoms with Crippen LogP contribution >= 0.6 is 0 Å². The molecule has 0 saturated carbocycles. The van der Waals surface area contributed by atoms with Gasteiger partial charge in [0, 0.05) is 18.0 Å².